The van der Waals surface area contributed by atoms with Crippen molar-refractivity contribution in [2.75, 3.05) is 20.8 Å². The number of rotatable bonds is 4. The van der Waals surface area contributed by atoms with Crippen LogP contribution in [0.3, 0.4) is 0 Å². The minimum absolute atomic E-state index is 0.0643. The van der Waals surface area contributed by atoms with Crippen LogP contribution < -0.4 is 0 Å². The van der Waals surface area contributed by atoms with Crippen LogP contribution in [-0.4, -0.2) is 25.9 Å². The van der Waals surface area contributed by atoms with Gasteiger partial charge in [-0.15, -0.1) is 0 Å². The van der Waals surface area contributed by atoms with Crippen molar-refractivity contribution in [1.82, 2.24) is 0 Å². The van der Waals surface area contributed by atoms with Crippen molar-refractivity contribution in [3.05, 3.63) is 29.8 Å². The van der Waals surface area contributed by atoms with Gasteiger partial charge in [0.05, 0.1) is 6.61 Å². The molecule has 0 saturated carbocycles. The van der Waals surface area contributed by atoms with Crippen LogP contribution in [0.25, 0.3) is 0 Å². The van der Waals surface area contributed by atoms with E-state index in [1.165, 1.54) is 0 Å². The molecule has 1 aromatic rings. The average Bonchev–Trinajstić information content (AvgIpc) is 2.16. The molecule has 0 saturated heterocycles. The summed E-state index contributed by atoms with van der Waals surface area (Å²) < 4.78 is 10.2. The zero-order valence-corrected chi connectivity index (χ0v) is 7.86. The number of aromatic hydroxyl groups is 1. The smallest absolute Gasteiger partial charge is 0.115 e. The first-order valence-corrected chi connectivity index (χ1v) is 4.08. The summed E-state index contributed by atoms with van der Waals surface area (Å²) in [6.07, 6.45) is -0.0643. The van der Waals surface area contributed by atoms with E-state index in [2.05, 4.69) is 0 Å². The molecule has 0 amide bonds. The van der Waals surface area contributed by atoms with Crippen LogP contribution in [0.1, 0.15) is 11.7 Å². The standard InChI is InChI=1S/C10H14O3/c1-12-7-10(13-2)8-3-5-9(11)6-4-8/h3-6,10-11H,7H2,1-2H3. The van der Waals surface area contributed by atoms with E-state index in [0.29, 0.717) is 6.61 Å². The van der Waals surface area contributed by atoms with E-state index in [9.17, 15) is 0 Å². The molecule has 1 rings (SSSR count). The Bertz CT molecular complexity index is 243. The third kappa shape index (κ3) is 2.72. The first-order chi connectivity index (χ1) is 6.27. The summed E-state index contributed by atoms with van der Waals surface area (Å²) in [5.41, 5.74) is 1.00. The Morgan fingerprint density at radius 1 is 1.23 bits per heavy atom. The number of hydrogen-bond acceptors (Lipinski definition) is 3. The summed E-state index contributed by atoms with van der Waals surface area (Å²) in [4.78, 5) is 0. The molecule has 1 N–H and O–H groups in total. The van der Waals surface area contributed by atoms with Gasteiger partial charge in [-0.3, -0.25) is 0 Å². The van der Waals surface area contributed by atoms with Crippen LogP contribution in [0.5, 0.6) is 5.75 Å². The summed E-state index contributed by atoms with van der Waals surface area (Å²) in [6.45, 7) is 0.515. The molecular formula is C10H14O3. The van der Waals surface area contributed by atoms with Crippen molar-refractivity contribution in [2.45, 2.75) is 6.10 Å². The summed E-state index contributed by atoms with van der Waals surface area (Å²) in [5.74, 6) is 0.260. The summed E-state index contributed by atoms with van der Waals surface area (Å²) in [6, 6.07) is 6.92. The average molecular weight is 182 g/mol. The number of phenols is 1. The van der Waals surface area contributed by atoms with Gasteiger partial charge in [0.15, 0.2) is 0 Å². The van der Waals surface area contributed by atoms with Crippen molar-refractivity contribution in [3.63, 3.8) is 0 Å². The molecular weight excluding hydrogens is 168 g/mol. The van der Waals surface area contributed by atoms with Gasteiger partial charge in [0.2, 0.25) is 0 Å². The van der Waals surface area contributed by atoms with Crippen molar-refractivity contribution in [1.29, 1.82) is 0 Å². The first-order valence-electron chi connectivity index (χ1n) is 4.08. The van der Waals surface area contributed by atoms with E-state index < -0.39 is 0 Å². The molecule has 1 unspecified atom stereocenters. The number of benzene rings is 1. The molecule has 0 aliphatic heterocycles. The zero-order chi connectivity index (χ0) is 9.68. The van der Waals surface area contributed by atoms with E-state index in [-0.39, 0.29) is 11.9 Å². The van der Waals surface area contributed by atoms with E-state index in [1.54, 1.807) is 26.4 Å². The summed E-state index contributed by atoms with van der Waals surface area (Å²) in [5, 5.41) is 9.07. The maximum Gasteiger partial charge on any atom is 0.115 e. The van der Waals surface area contributed by atoms with Crippen LogP contribution >= 0.6 is 0 Å². The van der Waals surface area contributed by atoms with Crippen LogP contribution in [-0.2, 0) is 9.47 Å². The van der Waals surface area contributed by atoms with Gasteiger partial charge in [0.1, 0.15) is 11.9 Å². The Morgan fingerprint density at radius 2 is 1.85 bits per heavy atom. The van der Waals surface area contributed by atoms with E-state index in [0.717, 1.165) is 5.56 Å². The normalized spacial score (nSPS) is 12.8. The monoisotopic (exact) mass is 182 g/mol. The van der Waals surface area contributed by atoms with E-state index in [4.69, 9.17) is 14.6 Å². The second kappa shape index (κ2) is 4.84. The van der Waals surface area contributed by atoms with Crippen molar-refractivity contribution in [3.8, 4) is 5.75 Å². The third-order valence-corrected chi connectivity index (χ3v) is 1.87. The molecule has 0 fully saturated rings. The second-order valence-corrected chi connectivity index (χ2v) is 2.77. The molecule has 72 valence electrons. The molecule has 0 aliphatic carbocycles. The second-order valence-electron chi connectivity index (χ2n) is 2.77. The molecule has 3 nitrogen and oxygen atoms in total. The van der Waals surface area contributed by atoms with E-state index in [1.807, 2.05) is 12.1 Å². The number of ether oxygens (including phenoxy) is 2. The maximum atomic E-state index is 9.07. The zero-order valence-electron chi connectivity index (χ0n) is 7.86. The minimum atomic E-state index is -0.0643. The summed E-state index contributed by atoms with van der Waals surface area (Å²) >= 11 is 0. The lowest BCUT2D eigenvalue weighted by atomic mass is 10.1. The third-order valence-electron chi connectivity index (χ3n) is 1.87. The Morgan fingerprint density at radius 3 is 2.31 bits per heavy atom. The Hall–Kier alpha value is -1.06. The molecule has 3 heteroatoms. The van der Waals surface area contributed by atoms with E-state index >= 15 is 0 Å². The van der Waals surface area contributed by atoms with Gasteiger partial charge in [0.25, 0.3) is 0 Å². The molecule has 1 aromatic carbocycles. The molecule has 0 bridgehead atoms. The van der Waals surface area contributed by atoms with Crippen LogP contribution in [0, 0.1) is 0 Å². The number of methoxy groups -OCH3 is 2. The van der Waals surface area contributed by atoms with Gasteiger partial charge in [-0.25, -0.2) is 0 Å². The Balaban J connectivity index is 2.73. The summed E-state index contributed by atoms with van der Waals surface area (Å²) in [7, 11) is 3.27. The highest BCUT2D eigenvalue weighted by molar-refractivity contribution is 5.27. The molecule has 0 aliphatic rings. The Kier molecular flexibility index (Phi) is 3.73. The lowest BCUT2D eigenvalue weighted by molar-refractivity contribution is 0.0274. The van der Waals surface area contributed by atoms with Gasteiger partial charge >= 0.3 is 0 Å². The van der Waals surface area contributed by atoms with Crippen molar-refractivity contribution in [2.24, 2.45) is 0 Å². The number of phenolic OH excluding ortho intramolecular Hbond substituents is 1. The first kappa shape index (κ1) is 10.0. The van der Waals surface area contributed by atoms with Crippen LogP contribution in [0.4, 0.5) is 0 Å². The topological polar surface area (TPSA) is 38.7 Å². The molecule has 13 heavy (non-hydrogen) atoms. The minimum Gasteiger partial charge on any atom is -0.508 e. The Labute approximate surface area is 77.9 Å². The fourth-order valence-electron chi connectivity index (χ4n) is 1.14. The number of hydrogen-bond donors (Lipinski definition) is 1. The lowest BCUT2D eigenvalue weighted by Crippen LogP contribution is -2.07. The van der Waals surface area contributed by atoms with Gasteiger partial charge in [-0.05, 0) is 17.7 Å². The highest BCUT2D eigenvalue weighted by Crippen LogP contribution is 2.19. The van der Waals surface area contributed by atoms with Gasteiger partial charge in [0, 0.05) is 14.2 Å². The molecule has 0 aromatic heterocycles. The van der Waals surface area contributed by atoms with Crippen molar-refractivity contribution < 1.29 is 14.6 Å². The SMILES string of the molecule is COCC(OC)c1ccc(O)cc1. The molecule has 0 radical (unpaired) electrons. The maximum absolute atomic E-state index is 9.07. The molecule has 0 spiro atoms. The largest absolute Gasteiger partial charge is 0.508 e. The van der Waals surface area contributed by atoms with Crippen LogP contribution in [0.15, 0.2) is 24.3 Å². The highest BCUT2D eigenvalue weighted by Gasteiger charge is 2.08. The van der Waals surface area contributed by atoms with Crippen molar-refractivity contribution >= 4 is 0 Å². The van der Waals surface area contributed by atoms with Crippen LogP contribution in [0.2, 0.25) is 0 Å². The fourth-order valence-corrected chi connectivity index (χ4v) is 1.14. The molecule has 1 atom stereocenters. The fraction of sp³-hybridized carbons (Fsp3) is 0.400. The molecule has 0 heterocycles. The lowest BCUT2D eigenvalue weighted by Gasteiger charge is -2.14. The van der Waals surface area contributed by atoms with Gasteiger partial charge < -0.3 is 14.6 Å². The highest BCUT2D eigenvalue weighted by atomic mass is 16.5. The quantitative estimate of drug-likeness (QED) is 0.770. The predicted octanol–water partition coefficient (Wildman–Crippen LogP) is 1.73. The van der Waals surface area contributed by atoms with Gasteiger partial charge in [-0.2, -0.15) is 0 Å². The predicted molar refractivity (Wildman–Crippen MR) is 49.7 cm³/mol. The van der Waals surface area contributed by atoms with Gasteiger partial charge in [-0.1, -0.05) is 12.1 Å².